The molecule has 4 rings (SSSR count). The molecule has 1 aliphatic rings. The molecule has 1 N–H and O–H groups in total. The molecule has 1 aliphatic carbocycles. The van der Waals surface area contributed by atoms with Crippen molar-refractivity contribution < 1.29 is 24.1 Å². The number of hydrogen-bond donors (Lipinski definition) is 1. The highest BCUT2D eigenvalue weighted by Gasteiger charge is 2.45. The van der Waals surface area contributed by atoms with Gasteiger partial charge in [0.15, 0.2) is 0 Å². The Morgan fingerprint density at radius 3 is 2.35 bits per heavy atom. The maximum Gasteiger partial charge on any atom is 0.310 e. The van der Waals surface area contributed by atoms with Crippen molar-refractivity contribution >= 4 is 5.97 Å². The highest BCUT2D eigenvalue weighted by Crippen LogP contribution is 2.36. The fraction of sp³-hybridized carbons (Fsp3) is 0.269. The summed E-state index contributed by atoms with van der Waals surface area (Å²) < 4.78 is 17.1. The van der Waals surface area contributed by atoms with Crippen LogP contribution >= 0.6 is 0 Å². The van der Waals surface area contributed by atoms with E-state index < -0.39 is 11.9 Å². The summed E-state index contributed by atoms with van der Waals surface area (Å²) in [4.78, 5) is 11.0. The second-order valence-corrected chi connectivity index (χ2v) is 7.94. The van der Waals surface area contributed by atoms with Crippen LogP contribution in [0.25, 0.3) is 11.1 Å². The van der Waals surface area contributed by atoms with Gasteiger partial charge >= 0.3 is 5.97 Å². The number of carboxylic acids is 1. The first-order valence-corrected chi connectivity index (χ1v) is 10.3. The number of rotatable bonds is 8. The van der Waals surface area contributed by atoms with E-state index in [-0.39, 0.29) is 6.10 Å². The zero-order valence-corrected chi connectivity index (χ0v) is 17.9. The third-order valence-corrected chi connectivity index (χ3v) is 5.51. The van der Waals surface area contributed by atoms with Crippen LogP contribution in [0, 0.1) is 19.8 Å². The van der Waals surface area contributed by atoms with E-state index in [4.69, 9.17) is 19.3 Å². The normalized spacial score (nSPS) is 17.1. The summed E-state index contributed by atoms with van der Waals surface area (Å²) in [5.41, 5.74) is 5.74. The summed E-state index contributed by atoms with van der Waals surface area (Å²) in [5.74, 6) is 0.967. The SMILES string of the molecule is COc1cc(C)c(-c2cccc(COc3cccc(O[C@@H]4C[C@H]4C(=O)O)c3)c2)c(C)c1. The number of aryl methyl sites for hydroxylation is 2. The molecule has 31 heavy (non-hydrogen) atoms. The molecule has 160 valence electrons. The number of carbonyl (C=O) groups is 1. The highest BCUT2D eigenvalue weighted by molar-refractivity contribution is 5.74. The third kappa shape index (κ3) is 4.82. The van der Waals surface area contributed by atoms with Crippen LogP contribution in [-0.2, 0) is 11.4 Å². The fourth-order valence-electron chi connectivity index (χ4n) is 3.85. The summed E-state index contributed by atoms with van der Waals surface area (Å²) >= 11 is 0. The monoisotopic (exact) mass is 418 g/mol. The van der Waals surface area contributed by atoms with Crippen molar-refractivity contribution in [1.82, 2.24) is 0 Å². The minimum absolute atomic E-state index is 0.250. The standard InChI is InChI=1S/C26H26O5/c1-16-10-22(29-3)11-17(2)25(16)19-7-4-6-18(12-19)15-30-20-8-5-9-21(13-20)31-24-14-23(24)26(27)28/h4-13,23-24H,14-15H2,1-3H3,(H,27,28)/t23-,24-/m1/s1. The van der Waals surface area contributed by atoms with Gasteiger partial charge < -0.3 is 19.3 Å². The average molecular weight is 418 g/mol. The summed E-state index contributed by atoms with van der Waals surface area (Å²) in [6, 6.07) is 19.8. The van der Waals surface area contributed by atoms with Crippen LogP contribution in [0.4, 0.5) is 0 Å². The van der Waals surface area contributed by atoms with E-state index in [1.807, 2.05) is 42.5 Å². The lowest BCUT2D eigenvalue weighted by Crippen LogP contribution is -2.07. The van der Waals surface area contributed by atoms with Gasteiger partial charge in [-0.05, 0) is 72.0 Å². The molecule has 2 atom stereocenters. The highest BCUT2D eigenvalue weighted by atomic mass is 16.5. The van der Waals surface area contributed by atoms with E-state index in [0.717, 1.165) is 16.9 Å². The van der Waals surface area contributed by atoms with Gasteiger partial charge in [0, 0.05) is 12.5 Å². The Bertz CT molecular complexity index is 1080. The van der Waals surface area contributed by atoms with Gasteiger partial charge in [-0.25, -0.2) is 0 Å². The Morgan fingerprint density at radius 2 is 1.68 bits per heavy atom. The quantitative estimate of drug-likeness (QED) is 0.530. The first-order chi connectivity index (χ1) is 14.9. The lowest BCUT2D eigenvalue weighted by Gasteiger charge is -2.14. The number of methoxy groups -OCH3 is 1. The van der Waals surface area contributed by atoms with Crippen molar-refractivity contribution in [3.05, 3.63) is 77.4 Å². The Hall–Kier alpha value is -3.47. The first kappa shape index (κ1) is 20.8. The number of ether oxygens (including phenoxy) is 3. The molecule has 5 heteroatoms. The minimum atomic E-state index is -0.806. The zero-order valence-electron chi connectivity index (χ0n) is 17.9. The van der Waals surface area contributed by atoms with Crippen LogP contribution in [0.2, 0.25) is 0 Å². The van der Waals surface area contributed by atoms with Crippen LogP contribution < -0.4 is 14.2 Å². The summed E-state index contributed by atoms with van der Waals surface area (Å²) in [5, 5.41) is 9.02. The number of carboxylic acid groups (broad SMARTS) is 1. The molecule has 0 heterocycles. The molecule has 0 amide bonds. The summed E-state index contributed by atoms with van der Waals surface area (Å²) in [6.07, 6.45) is 0.303. The van der Waals surface area contributed by atoms with Crippen molar-refractivity contribution in [2.24, 2.45) is 5.92 Å². The molecule has 0 spiro atoms. The van der Waals surface area contributed by atoms with Crippen LogP contribution in [0.15, 0.2) is 60.7 Å². The maximum absolute atomic E-state index is 11.0. The predicted octanol–water partition coefficient (Wildman–Crippen LogP) is 5.41. The minimum Gasteiger partial charge on any atom is -0.497 e. The van der Waals surface area contributed by atoms with E-state index in [9.17, 15) is 4.79 Å². The van der Waals surface area contributed by atoms with Crippen LogP contribution in [0.5, 0.6) is 17.2 Å². The summed E-state index contributed by atoms with van der Waals surface area (Å²) in [6.45, 7) is 4.61. The van der Waals surface area contributed by atoms with Gasteiger partial charge in [-0.1, -0.05) is 24.3 Å². The van der Waals surface area contributed by atoms with Crippen molar-refractivity contribution in [2.75, 3.05) is 7.11 Å². The Morgan fingerprint density at radius 1 is 0.968 bits per heavy atom. The second-order valence-electron chi connectivity index (χ2n) is 7.94. The van der Waals surface area contributed by atoms with Crippen molar-refractivity contribution in [1.29, 1.82) is 0 Å². The van der Waals surface area contributed by atoms with Gasteiger partial charge in [0.05, 0.1) is 13.0 Å². The van der Waals surface area contributed by atoms with E-state index in [1.54, 1.807) is 13.2 Å². The first-order valence-electron chi connectivity index (χ1n) is 10.3. The van der Waals surface area contributed by atoms with Gasteiger partial charge in [0.25, 0.3) is 0 Å². The van der Waals surface area contributed by atoms with Crippen molar-refractivity contribution in [3.8, 4) is 28.4 Å². The molecular formula is C26H26O5. The van der Waals surface area contributed by atoms with Crippen LogP contribution in [0.1, 0.15) is 23.1 Å². The fourth-order valence-corrected chi connectivity index (χ4v) is 3.85. The molecule has 0 radical (unpaired) electrons. The van der Waals surface area contributed by atoms with E-state index in [2.05, 4.69) is 26.0 Å². The molecule has 0 bridgehead atoms. The van der Waals surface area contributed by atoms with Crippen molar-refractivity contribution in [2.45, 2.75) is 33.0 Å². The summed E-state index contributed by atoms with van der Waals surface area (Å²) in [7, 11) is 1.68. The van der Waals surface area contributed by atoms with Gasteiger partial charge in [0.2, 0.25) is 0 Å². The molecule has 1 saturated carbocycles. The molecule has 0 aliphatic heterocycles. The van der Waals surface area contributed by atoms with Gasteiger partial charge in [-0.2, -0.15) is 0 Å². The lowest BCUT2D eigenvalue weighted by atomic mass is 9.94. The van der Waals surface area contributed by atoms with Gasteiger partial charge in [-0.3, -0.25) is 4.79 Å². The van der Waals surface area contributed by atoms with Gasteiger partial charge in [0.1, 0.15) is 30.0 Å². The smallest absolute Gasteiger partial charge is 0.310 e. The largest absolute Gasteiger partial charge is 0.497 e. The zero-order chi connectivity index (χ0) is 22.0. The molecular weight excluding hydrogens is 392 g/mol. The molecule has 5 nitrogen and oxygen atoms in total. The Balaban J connectivity index is 1.45. The molecule has 3 aromatic rings. The average Bonchev–Trinajstić information content (AvgIpc) is 3.52. The molecule has 3 aromatic carbocycles. The third-order valence-electron chi connectivity index (χ3n) is 5.51. The lowest BCUT2D eigenvalue weighted by molar-refractivity contribution is -0.139. The van der Waals surface area contributed by atoms with Crippen LogP contribution in [0.3, 0.4) is 0 Å². The molecule has 0 saturated heterocycles. The number of hydrogen-bond acceptors (Lipinski definition) is 4. The second kappa shape index (κ2) is 8.72. The topological polar surface area (TPSA) is 65.0 Å². The maximum atomic E-state index is 11.0. The van der Waals surface area contributed by atoms with Crippen molar-refractivity contribution in [3.63, 3.8) is 0 Å². The van der Waals surface area contributed by atoms with E-state index >= 15 is 0 Å². The molecule has 1 fully saturated rings. The number of benzene rings is 3. The van der Waals surface area contributed by atoms with E-state index in [1.165, 1.54) is 16.7 Å². The molecule has 0 unspecified atom stereocenters. The predicted molar refractivity (Wildman–Crippen MR) is 119 cm³/mol. The Labute approximate surface area is 182 Å². The van der Waals surface area contributed by atoms with Gasteiger partial charge in [-0.15, -0.1) is 0 Å². The Kier molecular flexibility index (Phi) is 5.85. The molecule has 0 aromatic heterocycles. The number of aliphatic carboxylic acids is 1. The van der Waals surface area contributed by atoms with Crippen LogP contribution in [-0.4, -0.2) is 24.3 Å². The van der Waals surface area contributed by atoms with E-state index in [0.29, 0.717) is 24.5 Å².